The largest absolute Gasteiger partial charge is 0.530 e. The number of fused-ring (bicyclic) bond motifs is 3. The van der Waals surface area contributed by atoms with E-state index in [1.54, 1.807) is 13.8 Å². The number of carbonyl (C=O) groups is 1. The first-order valence-electron chi connectivity index (χ1n) is 15.7. The Kier molecular flexibility index (Phi) is 9.04. The second-order valence-electron chi connectivity index (χ2n) is 12.9. The minimum Gasteiger partial charge on any atom is -0.404 e. The first kappa shape index (κ1) is 30.3. The quantitative estimate of drug-likeness (QED) is 0.286. The standard InChI is InChI=1S/C34H48NO5P/c1-5-38-41(37,39-6-2)40-28-18-16-26-17-19-30-32(3,29(26)24-28)20-13-21-33(30,4)31(36)35-25-34(22-11-8-12-23-34)27-14-9-7-10-15-27/h7,9-10,14-16,18,24,30H,5-6,8,11-13,17,19-23,25H2,1-4H3,(H,35,36)/t30-,32-,33+/m1/s1. The lowest BCUT2D eigenvalue weighted by molar-refractivity contribution is -0.139. The van der Waals surface area contributed by atoms with Crippen LogP contribution in [0.15, 0.2) is 48.5 Å². The molecule has 3 aliphatic carbocycles. The van der Waals surface area contributed by atoms with Gasteiger partial charge in [-0.15, -0.1) is 0 Å². The van der Waals surface area contributed by atoms with Gasteiger partial charge in [0.05, 0.1) is 18.6 Å². The van der Waals surface area contributed by atoms with Crippen molar-refractivity contribution in [3.63, 3.8) is 0 Å². The average molecular weight is 582 g/mol. The Balaban J connectivity index is 1.39. The van der Waals surface area contributed by atoms with Crippen molar-refractivity contribution in [3.8, 4) is 5.75 Å². The van der Waals surface area contributed by atoms with Gasteiger partial charge in [-0.3, -0.25) is 13.8 Å². The van der Waals surface area contributed by atoms with Gasteiger partial charge in [-0.25, -0.2) is 4.57 Å². The second-order valence-corrected chi connectivity index (χ2v) is 14.5. The van der Waals surface area contributed by atoms with E-state index in [1.165, 1.54) is 36.0 Å². The summed E-state index contributed by atoms with van der Waals surface area (Å²) in [7, 11) is -3.70. The van der Waals surface area contributed by atoms with E-state index in [0.29, 0.717) is 12.3 Å². The molecule has 3 aliphatic rings. The minimum absolute atomic E-state index is 0.0178. The first-order valence-corrected chi connectivity index (χ1v) is 17.2. The molecular formula is C34H48NO5P. The van der Waals surface area contributed by atoms with Crippen LogP contribution in [-0.2, 0) is 35.7 Å². The molecule has 0 aromatic heterocycles. The Labute approximate surface area is 246 Å². The number of phosphoric ester groups is 1. The topological polar surface area (TPSA) is 73.9 Å². The molecule has 2 fully saturated rings. The maximum absolute atomic E-state index is 14.2. The average Bonchev–Trinajstić information content (AvgIpc) is 2.97. The number of benzene rings is 2. The van der Waals surface area contributed by atoms with Crippen molar-refractivity contribution in [2.75, 3.05) is 19.8 Å². The van der Waals surface area contributed by atoms with Gasteiger partial charge in [-0.1, -0.05) is 75.9 Å². The maximum Gasteiger partial charge on any atom is 0.530 e. The molecule has 0 spiro atoms. The summed E-state index contributed by atoms with van der Waals surface area (Å²) in [6.45, 7) is 9.25. The lowest BCUT2D eigenvalue weighted by atomic mass is 9.49. The van der Waals surface area contributed by atoms with E-state index in [0.717, 1.165) is 44.9 Å². The van der Waals surface area contributed by atoms with Crippen LogP contribution in [0.5, 0.6) is 5.75 Å². The number of rotatable bonds is 10. The van der Waals surface area contributed by atoms with Gasteiger partial charge in [-0.2, -0.15) is 0 Å². The lowest BCUT2D eigenvalue weighted by Gasteiger charge is -2.54. The highest BCUT2D eigenvalue weighted by Gasteiger charge is 2.55. The smallest absolute Gasteiger partial charge is 0.404 e. The summed E-state index contributed by atoms with van der Waals surface area (Å²) in [4.78, 5) is 14.2. The van der Waals surface area contributed by atoms with Crippen LogP contribution >= 0.6 is 7.82 Å². The third-order valence-electron chi connectivity index (χ3n) is 10.4. The molecule has 224 valence electrons. The lowest BCUT2D eigenvalue weighted by Crippen LogP contribution is -2.56. The van der Waals surface area contributed by atoms with Crippen LogP contribution in [0, 0.1) is 11.3 Å². The summed E-state index contributed by atoms with van der Waals surface area (Å²) < 4.78 is 29.8. The Morgan fingerprint density at radius 1 is 0.927 bits per heavy atom. The van der Waals surface area contributed by atoms with Crippen LogP contribution in [0.25, 0.3) is 0 Å². The van der Waals surface area contributed by atoms with Crippen LogP contribution in [-0.4, -0.2) is 25.7 Å². The molecule has 0 aliphatic heterocycles. The molecule has 0 heterocycles. The molecule has 1 amide bonds. The van der Waals surface area contributed by atoms with Crippen molar-refractivity contribution in [3.05, 3.63) is 65.2 Å². The van der Waals surface area contributed by atoms with Crippen molar-refractivity contribution in [1.29, 1.82) is 0 Å². The van der Waals surface area contributed by atoms with Crippen LogP contribution in [0.3, 0.4) is 0 Å². The fourth-order valence-electron chi connectivity index (χ4n) is 8.34. The zero-order chi connectivity index (χ0) is 29.1. The van der Waals surface area contributed by atoms with Crippen molar-refractivity contribution >= 4 is 13.7 Å². The van der Waals surface area contributed by atoms with E-state index in [-0.39, 0.29) is 35.9 Å². The van der Waals surface area contributed by atoms with Crippen LogP contribution < -0.4 is 9.84 Å². The number of nitrogens with one attached hydrogen (secondary N) is 1. The van der Waals surface area contributed by atoms with E-state index in [9.17, 15) is 9.36 Å². The number of phosphoric acid groups is 1. The Morgan fingerprint density at radius 3 is 2.32 bits per heavy atom. The number of amides is 1. The molecule has 41 heavy (non-hydrogen) atoms. The molecule has 6 nitrogen and oxygen atoms in total. The zero-order valence-corrected chi connectivity index (χ0v) is 26.3. The minimum atomic E-state index is -3.70. The Bertz CT molecular complexity index is 1250. The molecule has 0 saturated heterocycles. The van der Waals surface area contributed by atoms with Gasteiger partial charge in [0.25, 0.3) is 0 Å². The van der Waals surface area contributed by atoms with Gasteiger partial charge in [0.1, 0.15) is 5.75 Å². The number of aryl methyl sites for hydroxylation is 1. The molecule has 2 aromatic rings. The number of hydrogen-bond acceptors (Lipinski definition) is 5. The number of hydrogen-bond donors (Lipinski definition) is 1. The highest BCUT2D eigenvalue weighted by Crippen LogP contribution is 2.58. The van der Waals surface area contributed by atoms with Gasteiger partial charge in [0.15, 0.2) is 0 Å². The molecule has 1 N–H and O–H groups in total. The predicted molar refractivity (Wildman–Crippen MR) is 163 cm³/mol. The van der Waals surface area contributed by atoms with Crippen LogP contribution in [0.2, 0.25) is 0 Å². The van der Waals surface area contributed by atoms with E-state index in [1.807, 2.05) is 12.1 Å². The van der Waals surface area contributed by atoms with Crippen LogP contribution in [0.4, 0.5) is 0 Å². The summed E-state index contributed by atoms with van der Waals surface area (Å²) in [6, 6.07) is 16.8. The molecule has 7 heteroatoms. The summed E-state index contributed by atoms with van der Waals surface area (Å²) in [5, 5.41) is 3.51. The van der Waals surface area contributed by atoms with E-state index < -0.39 is 13.2 Å². The van der Waals surface area contributed by atoms with E-state index in [2.05, 4.69) is 55.6 Å². The third-order valence-corrected chi connectivity index (χ3v) is 12.0. The van der Waals surface area contributed by atoms with Gasteiger partial charge in [0, 0.05) is 12.0 Å². The summed E-state index contributed by atoms with van der Waals surface area (Å²) in [5.41, 5.74) is 3.23. The zero-order valence-electron chi connectivity index (χ0n) is 25.4. The van der Waals surface area contributed by atoms with Crippen LogP contribution in [0.1, 0.15) is 102 Å². The second kappa shape index (κ2) is 12.2. The molecule has 2 aromatic carbocycles. The number of carbonyl (C=O) groups excluding carboxylic acids is 1. The summed E-state index contributed by atoms with van der Waals surface area (Å²) >= 11 is 0. The molecule has 2 saturated carbocycles. The normalized spacial score (nSPS) is 27.4. The van der Waals surface area contributed by atoms with Crippen molar-refractivity contribution in [1.82, 2.24) is 5.32 Å². The van der Waals surface area contributed by atoms with Crippen molar-refractivity contribution in [2.45, 2.75) is 103 Å². The molecule has 0 bridgehead atoms. The van der Waals surface area contributed by atoms with Gasteiger partial charge >= 0.3 is 7.82 Å². The summed E-state index contributed by atoms with van der Waals surface area (Å²) in [5.74, 6) is 0.896. The Hall–Kier alpha value is -2.14. The Morgan fingerprint density at radius 2 is 1.63 bits per heavy atom. The first-order chi connectivity index (χ1) is 19.7. The predicted octanol–water partition coefficient (Wildman–Crippen LogP) is 8.28. The molecular weight excluding hydrogens is 533 g/mol. The third kappa shape index (κ3) is 5.90. The monoisotopic (exact) mass is 581 g/mol. The molecule has 3 atom stereocenters. The highest BCUT2D eigenvalue weighted by atomic mass is 31.2. The maximum atomic E-state index is 14.2. The summed E-state index contributed by atoms with van der Waals surface area (Å²) in [6.07, 6.45) is 10.7. The fourth-order valence-corrected chi connectivity index (χ4v) is 9.53. The fraction of sp³-hybridized carbons (Fsp3) is 0.618. The molecule has 0 radical (unpaired) electrons. The molecule has 5 rings (SSSR count). The van der Waals surface area contributed by atoms with E-state index in [4.69, 9.17) is 13.6 Å². The van der Waals surface area contributed by atoms with Gasteiger partial charge in [-0.05, 0) is 92.5 Å². The van der Waals surface area contributed by atoms with Crippen molar-refractivity contribution in [2.24, 2.45) is 11.3 Å². The molecule has 0 unspecified atom stereocenters. The van der Waals surface area contributed by atoms with Gasteiger partial charge < -0.3 is 9.84 Å². The van der Waals surface area contributed by atoms with Gasteiger partial charge in [0.2, 0.25) is 5.91 Å². The van der Waals surface area contributed by atoms with E-state index >= 15 is 0 Å². The van der Waals surface area contributed by atoms with Crippen molar-refractivity contribution < 1.29 is 22.9 Å². The SMILES string of the molecule is CCOP(=O)(OCC)Oc1ccc2c(c1)[C@@]1(C)CCC[C@](C)(C(=O)NCC3(c4ccccc4)CCCCC3)[C@@H]1CC2. The highest BCUT2D eigenvalue weighted by molar-refractivity contribution is 7.48.